The predicted octanol–water partition coefficient (Wildman–Crippen LogP) is 10.9. The van der Waals surface area contributed by atoms with Gasteiger partial charge < -0.3 is 0 Å². The molecule has 0 aromatic carbocycles. The number of hydrogen-bond donors (Lipinski definition) is 0. The fourth-order valence-electron chi connectivity index (χ4n) is 3.40. The lowest BCUT2D eigenvalue weighted by atomic mass is 10.1. The van der Waals surface area contributed by atoms with E-state index in [1.807, 2.05) is 9.83 Å². The molecule has 0 saturated heterocycles. The summed E-state index contributed by atoms with van der Waals surface area (Å²) in [6.07, 6.45) is 29.0. The molecular formula is C24H50S3. The van der Waals surface area contributed by atoms with E-state index in [2.05, 4.69) is 35.4 Å². The van der Waals surface area contributed by atoms with Gasteiger partial charge in [0.2, 0.25) is 0 Å². The smallest absolute Gasteiger partial charge is 0.00451 e. The van der Waals surface area contributed by atoms with Gasteiger partial charge in [0.1, 0.15) is 0 Å². The molecule has 164 valence electrons. The van der Waals surface area contributed by atoms with Crippen molar-refractivity contribution >= 4 is 31.4 Å². The monoisotopic (exact) mass is 434 g/mol. The minimum Gasteiger partial charge on any atom is -0.0826 e. The maximum atomic E-state index is 2.30. The van der Waals surface area contributed by atoms with Crippen molar-refractivity contribution in [2.45, 2.75) is 142 Å². The molecule has 27 heavy (non-hydrogen) atoms. The first-order chi connectivity index (χ1) is 13.4. The first-order valence-electron chi connectivity index (χ1n) is 12.3. The summed E-state index contributed by atoms with van der Waals surface area (Å²) >= 11 is 0. The van der Waals surface area contributed by atoms with Crippen LogP contribution in [0.4, 0.5) is 0 Å². The van der Waals surface area contributed by atoms with Gasteiger partial charge in [0.15, 0.2) is 0 Å². The molecule has 0 saturated carbocycles. The zero-order valence-corrected chi connectivity index (χ0v) is 21.2. The third kappa shape index (κ3) is 27.1. The Hall–Kier alpha value is 1.05. The van der Waals surface area contributed by atoms with Crippen LogP contribution >= 0.6 is 31.4 Å². The van der Waals surface area contributed by atoms with Crippen LogP contribution < -0.4 is 0 Å². The maximum Gasteiger partial charge on any atom is 0.00451 e. The van der Waals surface area contributed by atoms with Crippen molar-refractivity contribution in [1.29, 1.82) is 0 Å². The Kier molecular flexibility index (Phi) is 28.1. The van der Waals surface area contributed by atoms with E-state index in [0.29, 0.717) is 0 Å². The van der Waals surface area contributed by atoms with Crippen molar-refractivity contribution in [3.05, 3.63) is 0 Å². The Balaban J connectivity index is 2.95. The van der Waals surface area contributed by atoms with Crippen molar-refractivity contribution in [2.75, 3.05) is 11.5 Å². The predicted molar refractivity (Wildman–Crippen MR) is 136 cm³/mol. The second-order valence-electron chi connectivity index (χ2n) is 8.08. The van der Waals surface area contributed by atoms with Crippen molar-refractivity contribution in [1.82, 2.24) is 0 Å². The van der Waals surface area contributed by atoms with Crippen LogP contribution in [0, 0.1) is 0 Å². The molecule has 0 fully saturated rings. The van der Waals surface area contributed by atoms with E-state index in [1.54, 1.807) is 0 Å². The summed E-state index contributed by atoms with van der Waals surface area (Å²) in [5, 5.41) is 0. The Labute approximate surface area is 184 Å². The number of unbranched alkanes of at least 4 members (excludes halogenated alkanes) is 18. The summed E-state index contributed by atoms with van der Waals surface area (Å²) < 4.78 is 0. The molecule has 0 aromatic rings. The van der Waals surface area contributed by atoms with E-state index < -0.39 is 0 Å². The highest BCUT2D eigenvalue weighted by molar-refractivity contribution is 9.09. The molecule has 0 radical (unpaired) electrons. The Morgan fingerprint density at radius 3 is 0.889 bits per heavy atom. The van der Waals surface area contributed by atoms with Crippen LogP contribution in [0.15, 0.2) is 0 Å². The molecule has 0 amide bonds. The van der Waals surface area contributed by atoms with E-state index in [-0.39, 0.29) is 0 Å². The molecule has 0 aliphatic heterocycles. The Morgan fingerprint density at radius 1 is 0.333 bits per heavy atom. The largest absolute Gasteiger partial charge is 0.0826 e. The maximum absolute atomic E-state index is 2.30. The molecule has 0 nitrogen and oxygen atoms in total. The molecule has 3 heteroatoms. The van der Waals surface area contributed by atoms with Crippen molar-refractivity contribution in [3.63, 3.8) is 0 Å². The molecule has 0 heterocycles. The summed E-state index contributed by atoms with van der Waals surface area (Å²) in [4.78, 5) is 0. The van der Waals surface area contributed by atoms with Gasteiger partial charge in [0.05, 0.1) is 0 Å². The SMILES string of the molecule is CCCCCCCCCCCCSSSCCCCCCCCCCCC. The molecule has 0 aromatic heterocycles. The molecule has 0 rings (SSSR count). The number of rotatable bonds is 24. The fourth-order valence-corrected chi connectivity index (χ4v) is 7.40. The zero-order chi connectivity index (χ0) is 19.7. The quantitative estimate of drug-likeness (QED) is 0.109. The highest BCUT2D eigenvalue weighted by Crippen LogP contribution is 2.35. The van der Waals surface area contributed by atoms with Crippen molar-refractivity contribution in [3.8, 4) is 0 Å². The van der Waals surface area contributed by atoms with E-state index >= 15 is 0 Å². The minimum absolute atomic E-state index is 1.35. The van der Waals surface area contributed by atoms with E-state index in [0.717, 1.165) is 0 Å². The van der Waals surface area contributed by atoms with Crippen LogP contribution in [0.5, 0.6) is 0 Å². The van der Waals surface area contributed by atoms with Gasteiger partial charge >= 0.3 is 0 Å². The molecule has 0 bridgehead atoms. The first-order valence-corrected chi connectivity index (χ1v) is 16.1. The molecule has 0 aliphatic rings. The third-order valence-electron chi connectivity index (χ3n) is 5.26. The third-order valence-corrected chi connectivity index (χ3v) is 9.67. The van der Waals surface area contributed by atoms with E-state index in [4.69, 9.17) is 0 Å². The van der Waals surface area contributed by atoms with Crippen LogP contribution in [-0.4, -0.2) is 11.5 Å². The Morgan fingerprint density at radius 2 is 0.593 bits per heavy atom. The van der Waals surface area contributed by atoms with E-state index in [1.165, 1.54) is 140 Å². The van der Waals surface area contributed by atoms with Crippen molar-refractivity contribution < 1.29 is 0 Å². The van der Waals surface area contributed by atoms with Crippen molar-refractivity contribution in [2.24, 2.45) is 0 Å². The van der Waals surface area contributed by atoms with Gasteiger partial charge in [-0.3, -0.25) is 0 Å². The Bertz CT molecular complexity index is 222. The van der Waals surface area contributed by atoms with Gasteiger partial charge in [-0.1, -0.05) is 151 Å². The van der Waals surface area contributed by atoms with Crippen LogP contribution in [0.3, 0.4) is 0 Å². The summed E-state index contributed by atoms with van der Waals surface area (Å²) in [6, 6.07) is 0. The fraction of sp³-hybridized carbons (Fsp3) is 1.00. The average molecular weight is 435 g/mol. The summed E-state index contributed by atoms with van der Waals surface area (Å²) in [5.74, 6) is 2.71. The van der Waals surface area contributed by atoms with Gasteiger partial charge in [-0.25, -0.2) is 0 Å². The summed E-state index contributed by atoms with van der Waals surface area (Å²) in [5.41, 5.74) is 0. The molecule has 0 N–H and O–H groups in total. The molecule has 0 aliphatic carbocycles. The minimum atomic E-state index is 1.35. The lowest BCUT2D eigenvalue weighted by Gasteiger charge is -2.03. The summed E-state index contributed by atoms with van der Waals surface area (Å²) in [7, 11) is 6.23. The van der Waals surface area contributed by atoms with Gasteiger partial charge in [0, 0.05) is 11.5 Å². The van der Waals surface area contributed by atoms with Gasteiger partial charge in [-0.15, -0.1) is 0 Å². The van der Waals surface area contributed by atoms with Crippen LogP contribution in [0.2, 0.25) is 0 Å². The van der Waals surface area contributed by atoms with Gasteiger partial charge in [-0.2, -0.15) is 0 Å². The van der Waals surface area contributed by atoms with Crippen LogP contribution in [0.25, 0.3) is 0 Å². The normalized spacial score (nSPS) is 11.3. The second-order valence-corrected chi connectivity index (χ2v) is 12.5. The first kappa shape index (κ1) is 28.1. The lowest BCUT2D eigenvalue weighted by Crippen LogP contribution is -1.83. The van der Waals surface area contributed by atoms with Crippen LogP contribution in [0.1, 0.15) is 142 Å². The molecular weight excluding hydrogens is 384 g/mol. The highest BCUT2D eigenvalue weighted by atomic mass is 33.5. The zero-order valence-electron chi connectivity index (χ0n) is 18.8. The summed E-state index contributed by atoms with van der Waals surface area (Å²) in [6.45, 7) is 4.60. The topological polar surface area (TPSA) is 0 Å². The standard InChI is InChI=1S/C24H50S3/c1-3-5-7-9-11-13-15-17-19-21-23-25-27-26-24-22-20-18-16-14-12-10-8-6-4-2/h3-24H2,1-2H3. The molecule has 0 spiro atoms. The molecule has 0 unspecified atom stereocenters. The highest BCUT2D eigenvalue weighted by Gasteiger charge is 1.96. The van der Waals surface area contributed by atoms with Gasteiger partial charge in [-0.05, 0) is 22.7 Å². The lowest BCUT2D eigenvalue weighted by molar-refractivity contribution is 0.563. The van der Waals surface area contributed by atoms with E-state index in [9.17, 15) is 0 Å². The molecule has 0 atom stereocenters. The average Bonchev–Trinajstić information content (AvgIpc) is 2.68. The second kappa shape index (κ2) is 27.0. The van der Waals surface area contributed by atoms with Crippen LogP contribution in [-0.2, 0) is 0 Å². The number of hydrogen-bond acceptors (Lipinski definition) is 3. The van der Waals surface area contributed by atoms with Gasteiger partial charge in [0.25, 0.3) is 0 Å².